The highest BCUT2D eigenvalue weighted by molar-refractivity contribution is 6.33. The molecule has 0 unspecified atom stereocenters. The van der Waals surface area contributed by atoms with E-state index in [1.54, 1.807) is 13.8 Å². The van der Waals surface area contributed by atoms with Gasteiger partial charge in [-0.15, -0.1) is 0 Å². The van der Waals surface area contributed by atoms with Gasteiger partial charge in [-0.3, -0.25) is 4.79 Å². The van der Waals surface area contributed by atoms with Crippen LogP contribution in [0.15, 0.2) is 30.3 Å². The molecule has 7 nitrogen and oxygen atoms in total. The van der Waals surface area contributed by atoms with Crippen LogP contribution >= 0.6 is 11.6 Å². The second-order valence-corrected chi connectivity index (χ2v) is 6.26. The number of amides is 1. The van der Waals surface area contributed by atoms with Gasteiger partial charge in [-0.1, -0.05) is 11.6 Å². The van der Waals surface area contributed by atoms with E-state index in [0.717, 1.165) is 12.1 Å². The Hall–Kier alpha value is -3.00. The van der Waals surface area contributed by atoms with Crippen molar-refractivity contribution in [1.82, 2.24) is 0 Å². The highest BCUT2D eigenvalue weighted by Gasteiger charge is 2.20. The summed E-state index contributed by atoms with van der Waals surface area (Å²) in [7, 11) is 0. The fourth-order valence-corrected chi connectivity index (χ4v) is 2.67. The molecule has 2 aromatic carbocycles. The van der Waals surface area contributed by atoms with Crippen LogP contribution in [0.5, 0.6) is 17.2 Å². The summed E-state index contributed by atoms with van der Waals surface area (Å²) < 4.78 is 35.0. The number of hydrogen-bond donors (Lipinski definition) is 1. The van der Waals surface area contributed by atoms with Crippen LogP contribution in [0.1, 0.15) is 31.1 Å². The number of nitrogens with one attached hydrogen (secondary N) is 1. The molecule has 0 aliphatic carbocycles. The molecular formula is C21H23ClFNO6. The minimum absolute atomic E-state index is 0.0797. The average molecular weight is 440 g/mol. The number of anilines is 1. The van der Waals surface area contributed by atoms with Crippen LogP contribution < -0.4 is 19.5 Å². The Kier molecular flexibility index (Phi) is 8.73. The van der Waals surface area contributed by atoms with Crippen molar-refractivity contribution in [3.05, 3.63) is 46.7 Å². The predicted molar refractivity (Wildman–Crippen MR) is 110 cm³/mol. The highest BCUT2D eigenvalue weighted by atomic mass is 35.5. The number of carbonyl (C=O) groups excluding carboxylic acids is 2. The zero-order valence-corrected chi connectivity index (χ0v) is 17.7. The zero-order valence-electron chi connectivity index (χ0n) is 16.9. The summed E-state index contributed by atoms with van der Waals surface area (Å²) in [5, 5.41) is 2.55. The Morgan fingerprint density at radius 2 is 1.57 bits per heavy atom. The average Bonchev–Trinajstić information content (AvgIpc) is 2.71. The van der Waals surface area contributed by atoms with Crippen LogP contribution in [0, 0.1) is 5.82 Å². The SMILES string of the molecule is CCOc1cc(C(=O)OCC(=O)Nc2cc(F)ccc2Cl)cc(OCC)c1OCC. The van der Waals surface area contributed by atoms with Gasteiger partial charge in [0.15, 0.2) is 18.1 Å². The van der Waals surface area contributed by atoms with Gasteiger partial charge in [-0.2, -0.15) is 0 Å². The Balaban J connectivity index is 2.13. The summed E-state index contributed by atoms with van der Waals surface area (Å²) in [6.07, 6.45) is 0. The maximum Gasteiger partial charge on any atom is 0.338 e. The normalized spacial score (nSPS) is 10.3. The number of carbonyl (C=O) groups is 2. The summed E-state index contributed by atoms with van der Waals surface area (Å²) in [6, 6.07) is 6.46. The van der Waals surface area contributed by atoms with Crippen molar-refractivity contribution in [3.8, 4) is 17.2 Å². The van der Waals surface area contributed by atoms with Crippen molar-refractivity contribution >= 4 is 29.2 Å². The van der Waals surface area contributed by atoms with Crippen LogP contribution in [0.25, 0.3) is 0 Å². The standard InChI is InChI=1S/C21H23ClFNO6/c1-4-27-17-9-13(10-18(28-5-2)20(17)29-6-3)21(26)30-12-19(25)24-16-11-14(23)7-8-15(16)22/h7-11H,4-6,12H2,1-3H3,(H,24,25). The molecular weight excluding hydrogens is 417 g/mol. The summed E-state index contributed by atoms with van der Waals surface area (Å²) in [4.78, 5) is 24.5. The topological polar surface area (TPSA) is 83.1 Å². The summed E-state index contributed by atoms with van der Waals surface area (Å²) >= 11 is 5.90. The summed E-state index contributed by atoms with van der Waals surface area (Å²) in [5.41, 5.74) is 0.206. The van der Waals surface area contributed by atoms with E-state index in [1.165, 1.54) is 18.2 Å². The second-order valence-electron chi connectivity index (χ2n) is 5.85. The molecule has 162 valence electrons. The van der Waals surface area contributed by atoms with Gasteiger partial charge in [0.2, 0.25) is 5.75 Å². The molecule has 9 heteroatoms. The number of halogens is 2. The third-order valence-corrected chi connectivity index (χ3v) is 4.01. The smallest absolute Gasteiger partial charge is 0.338 e. The highest BCUT2D eigenvalue weighted by Crippen LogP contribution is 2.39. The van der Waals surface area contributed by atoms with Crippen molar-refractivity contribution in [1.29, 1.82) is 0 Å². The molecule has 0 aromatic heterocycles. The molecule has 0 radical (unpaired) electrons. The first kappa shape index (κ1) is 23.3. The number of benzene rings is 2. The van der Waals surface area contributed by atoms with E-state index in [9.17, 15) is 14.0 Å². The molecule has 0 saturated carbocycles. The van der Waals surface area contributed by atoms with Crippen LogP contribution in [-0.2, 0) is 9.53 Å². The fraction of sp³-hybridized carbons (Fsp3) is 0.333. The minimum atomic E-state index is -0.763. The molecule has 0 aliphatic rings. The molecule has 1 amide bonds. The number of hydrogen-bond acceptors (Lipinski definition) is 6. The number of esters is 1. The maximum absolute atomic E-state index is 13.3. The Morgan fingerprint density at radius 1 is 0.967 bits per heavy atom. The molecule has 0 fully saturated rings. The van der Waals surface area contributed by atoms with Crippen LogP contribution in [0.4, 0.5) is 10.1 Å². The van der Waals surface area contributed by atoms with Crippen molar-refractivity contribution in [2.45, 2.75) is 20.8 Å². The fourth-order valence-electron chi connectivity index (χ4n) is 2.50. The third-order valence-electron chi connectivity index (χ3n) is 3.68. The number of rotatable bonds is 10. The third kappa shape index (κ3) is 6.25. The van der Waals surface area contributed by atoms with Gasteiger partial charge in [0.25, 0.3) is 5.91 Å². The van der Waals surface area contributed by atoms with E-state index >= 15 is 0 Å². The lowest BCUT2D eigenvalue weighted by atomic mass is 10.2. The van der Waals surface area contributed by atoms with Gasteiger partial charge in [-0.05, 0) is 51.1 Å². The molecule has 0 aliphatic heterocycles. The Labute approximate surface area is 179 Å². The Morgan fingerprint density at radius 3 is 2.13 bits per heavy atom. The first-order valence-corrected chi connectivity index (χ1v) is 9.75. The van der Waals surface area contributed by atoms with Crippen LogP contribution in [0.3, 0.4) is 0 Å². The first-order chi connectivity index (χ1) is 14.4. The maximum atomic E-state index is 13.3. The van der Waals surface area contributed by atoms with Crippen molar-refractivity contribution in [2.75, 3.05) is 31.7 Å². The van der Waals surface area contributed by atoms with Crippen LogP contribution in [-0.4, -0.2) is 38.3 Å². The molecule has 0 spiro atoms. The monoisotopic (exact) mass is 439 g/mol. The van der Waals surface area contributed by atoms with Crippen LogP contribution in [0.2, 0.25) is 5.02 Å². The quantitative estimate of drug-likeness (QED) is 0.550. The van der Waals surface area contributed by atoms with E-state index in [4.69, 9.17) is 30.5 Å². The van der Waals surface area contributed by atoms with Gasteiger partial charge >= 0.3 is 5.97 Å². The molecule has 0 atom stereocenters. The molecule has 2 rings (SSSR count). The predicted octanol–water partition coefficient (Wildman–Crippen LogP) is 4.47. The lowest BCUT2D eigenvalue weighted by Crippen LogP contribution is -2.21. The minimum Gasteiger partial charge on any atom is -0.490 e. The zero-order chi connectivity index (χ0) is 22.1. The molecule has 0 bridgehead atoms. The lowest BCUT2D eigenvalue weighted by molar-refractivity contribution is -0.119. The van der Waals surface area contributed by atoms with Crippen molar-refractivity contribution < 1.29 is 32.9 Å². The van der Waals surface area contributed by atoms with Gasteiger partial charge in [0.05, 0.1) is 36.1 Å². The van der Waals surface area contributed by atoms with E-state index in [-0.39, 0.29) is 16.3 Å². The molecule has 30 heavy (non-hydrogen) atoms. The molecule has 2 aromatic rings. The van der Waals surface area contributed by atoms with E-state index in [2.05, 4.69) is 5.32 Å². The van der Waals surface area contributed by atoms with E-state index in [0.29, 0.717) is 37.1 Å². The molecule has 1 N–H and O–H groups in total. The summed E-state index contributed by atoms with van der Waals surface area (Å²) in [5.74, 6) is -0.956. The van der Waals surface area contributed by atoms with Crippen molar-refractivity contribution in [3.63, 3.8) is 0 Å². The largest absolute Gasteiger partial charge is 0.490 e. The van der Waals surface area contributed by atoms with Gasteiger partial charge in [0, 0.05) is 0 Å². The van der Waals surface area contributed by atoms with Gasteiger partial charge in [0.1, 0.15) is 5.82 Å². The lowest BCUT2D eigenvalue weighted by Gasteiger charge is -2.16. The molecule has 0 saturated heterocycles. The molecule has 0 heterocycles. The second kappa shape index (κ2) is 11.3. The Bertz CT molecular complexity index is 878. The number of ether oxygens (including phenoxy) is 4. The van der Waals surface area contributed by atoms with Gasteiger partial charge < -0.3 is 24.3 Å². The first-order valence-electron chi connectivity index (χ1n) is 9.38. The van der Waals surface area contributed by atoms with Gasteiger partial charge in [-0.25, -0.2) is 9.18 Å². The van der Waals surface area contributed by atoms with E-state index in [1.807, 2.05) is 6.92 Å². The van der Waals surface area contributed by atoms with Crippen molar-refractivity contribution in [2.24, 2.45) is 0 Å². The van der Waals surface area contributed by atoms with E-state index < -0.39 is 24.3 Å². The summed E-state index contributed by atoms with van der Waals surface area (Å²) in [6.45, 7) is 5.89.